The van der Waals surface area contributed by atoms with Crippen LogP contribution in [0.4, 0.5) is 0 Å². The number of hydrogen-bond donors (Lipinski definition) is 5. The highest BCUT2D eigenvalue weighted by molar-refractivity contribution is 6.26. The zero-order chi connectivity index (χ0) is 38.1. The van der Waals surface area contributed by atoms with Gasteiger partial charge in [-0.3, -0.25) is 0 Å². The largest absolute Gasteiger partial charge is 0.504 e. The molecule has 6 nitrogen and oxygen atoms in total. The lowest BCUT2D eigenvalue weighted by atomic mass is 9.83. The Morgan fingerprint density at radius 1 is 0.286 bits per heavy atom. The third-order valence-electron chi connectivity index (χ3n) is 10.9. The van der Waals surface area contributed by atoms with Gasteiger partial charge in [0.2, 0.25) is 17.2 Å². The van der Waals surface area contributed by atoms with E-state index in [9.17, 15) is 25.5 Å². The summed E-state index contributed by atoms with van der Waals surface area (Å²) in [7, 11) is 0. The van der Waals surface area contributed by atoms with E-state index in [1.54, 1.807) is 18.2 Å². The van der Waals surface area contributed by atoms with Gasteiger partial charge in [-0.05, 0) is 89.8 Å². The van der Waals surface area contributed by atoms with Crippen molar-refractivity contribution in [1.29, 1.82) is 0 Å². The van der Waals surface area contributed by atoms with Crippen LogP contribution in [0.3, 0.4) is 0 Å². The summed E-state index contributed by atoms with van der Waals surface area (Å²) < 4.78 is 6.39. The number of phenolic OH excluding ortho intramolecular Hbond substituents is 5. The molecule has 0 aliphatic heterocycles. The number of aromatic hydroxyl groups is 5. The van der Waals surface area contributed by atoms with Crippen LogP contribution in [0.25, 0.3) is 99.1 Å². The van der Waals surface area contributed by atoms with Crippen LogP contribution in [0.5, 0.6) is 28.7 Å². The average Bonchev–Trinajstić information content (AvgIpc) is 3.63. The number of phenols is 5. The standard InChI is InChI=1S/C50H32O6/c51-46-42(47(52)49(54)50(55)48(46)53)31-25-26-40-39(27-31)45-38(19-10-20-41(45)56-40)44-36-17-8-6-15-34(36)43(35-16-7-9-18-37(35)44)33-14-5-4-13-32(33)30-23-21-29(22-24-30)28-11-2-1-3-12-28/h1-27,51-55H. The Labute approximate surface area is 320 Å². The summed E-state index contributed by atoms with van der Waals surface area (Å²) in [4.78, 5) is 0. The molecule has 0 unspecified atom stereocenters. The Bertz CT molecular complexity index is 3090. The van der Waals surface area contributed by atoms with Crippen molar-refractivity contribution in [3.8, 4) is 84.4 Å². The van der Waals surface area contributed by atoms with Gasteiger partial charge in [-0.25, -0.2) is 0 Å². The number of furan rings is 1. The van der Waals surface area contributed by atoms with Crippen molar-refractivity contribution in [3.05, 3.63) is 164 Å². The maximum Gasteiger partial charge on any atom is 0.208 e. The molecule has 0 aliphatic rings. The summed E-state index contributed by atoms with van der Waals surface area (Å²) in [6, 6.07) is 55.6. The minimum atomic E-state index is -1.01. The fourth-order valence-corrected chi connectivity index (χ4v) is 8.28. The summed E-state index contributed by atoms with van der Waals surface area (Å²) in [5.74, 6) is -4.39. The van der Waals surface area contributed by atoms with Crippen LogP contribution in [0.2, 0.25) is 0 Å². The smallest absolute Gasteiger partial charge is 0.208 e. The van der Waals surface area contributed by atoms with Gasteiger partial charge < -0.3 is 29.9 Å². The van der Waals surface area contributed by atoms with Gasteiger partial charge in [-0.1, -0.05) is 146 Å². The molecule has 6 heteroatoms. The zero-order valence-electron chi connectivity index (χ0n) is 29.7. The van der Waals surface area contributed by atoms with Crippen LogP contribution in [-0.4, -0.2) is 25.5 Å². The van der Waals surface area contributed by atoms with E-state index in [0.29, 0.717) is 22.1 Å². The summed E-state index contributed by atoms with van der Waals surface area (Å²) >= 11 is 0. The van der Waals surface area contributed by atoms with Crippen molar-refractivity contribution in [2.45, 2.75) is 0 Å². The van der Waals surface area contributed by atoms with E-state index in [1.807, 2.05) is 18.2 Å². The summed E-state index contributed by atoms with van der Waals surface area (Å²) in [5.41, 5.74) is 10.1. The molecule has 0 saturated carbocycles. The molecule has 0 radical (unpaired) electrons. The molecule has 1 heterocycles. The number of fused-ring (bicyclic) bond motifs is 5. The van der Waals surface area contributed by atoms with Gasteiger partial charge in [0.25, 0.3) is 0 Å². The summed E-state index contributed by atoms with van der Waals surface area (Å²) in [6.45, 7) is 0. The first-order valence-electron chi connectivity index (χ1n) is 18.2. The van der Waals surface area contributed by atoms with E-state index in [-0.39, 0.29) is 5.56 Å². The minimum Gasteiger partial charge on any atom is -0.504 e. The van der Waals surface area contributed by atoms with Crippen molar-refractivity contribution < 1.29 is 29.9 Å². The van der Waals surface area contributed by atoms with E-state index < -0.39 is 28.7 Å². The first-order valence-corrected chi connectivity index (χ1v) is 18.2. The lowest BCUT2D eigenvalue weighted by Gasteiger charge is -2.20. The van der Waals surface area contributed by atoms with E-state index in [2.05, 4.69) is 127 Å². The second-order valence-corrected chi connectivity index (χ2v) is 13.9. The fourth-order valence-electron chi connectivity index (χ4n) is 8.28. The number of rotatable bonds is 5. The van der Waals surface area contributed by atoms with Gasteiger partial charge in [-0.2, -0.15) is 0 Å². The maximum absolute atomic E-state index is 10.8. The van der Waals surface area contributed by atoms with Crippen molar-refractivity contribution in [1.82, 2.24) is 0 Å². The van der Waals surface area contributed by atoms with E-state index >= 15 is 0 Å². The number of hydrogen-bond acceptors (Lipinski definition) is 6. The monoisotopic (exact) mass is 728 g/mol. The first-order chi connectivity index (χ1) is 27.4. The Hall–Kier alpha value is -7.70. The van der Waals surface area contributed by atoms with Crippen molar-refractivity contribution in [2.24, 2.45) is 0 Å². The third-order valence-corrected chi connectivity index (χ3v) is 10.9. The molecular formula is C50H32O6. The van der Waals surface area contributed by atoms with E-state index in [1.165, 1.54) is 5.56 Å². The molecule has 10 aromatic rings. The van der Waals surface area contributed by atoms with Gasteiger partial charge in [-0.15, -0.1) is 0 Å². The maximum atomic E-state index is 10.8. The molecule has 268 valence electrons. The zero-order valence-corrected chi connectivity index (χ0v) is 29.7. The van der Waals surface area contributed by atoms with Gasteiger partial charge >= 0.3 is 0 Å². The van der Waals surface area contributed by atoms with Crippen LogP contribution in [-0.2, 0) is 0 Å². The van der Waals surface area contributed by atoms with Gasteiger partial charge in [0.15, 0.2) is 11.5 Å². The molecule has 9 aromatic carbocycles. The second-order valence-electron chi connectivity index (χ2n) is 13.9. The van der Waals surface area contributed by atoms with Crippen LogP contribution < -0.4 is 0 Å². The molecule has 10 rings (SSSR count). The molecule has 0 spiro atoms. The van der Waals surface area contributed by atoms with Crippen LogP contribution in [0.15, 0.2) is 168 Å². The molecule has 56 heavy (non-hydrogen) atoms. The molecular weight excluding hydrogens is 697 g/mol. The molecule has 1 aromatic heterocycles. The molecule has 0 bridgehead atoms. The summed E-state index contributed by atoms with van der Waals surface area (Å²) in [5, 5.41) is 58.1. The molecule has 0 atom stereocenters. The van der Waals surface area contributed by atoms with E-state index in [0.717, 1.165) is 65.9 Å². The van der Waals surface area contributed by atoms with E-state index in [4.69, 9.17) is 4.42 Å². The Morgan fingerprint density at radius 2 is 0.750 bits per heavy atom. The molecule has 0 saturated heterocycles. The quantitative estimate of drug-likeness (QED) is 0.0685. The Kier molecular flexibility index (Phi) is 7.47. The Balaban J connectivity index is 1.22. The lowest BCUT2D eigenvalue weighted by Crippen LogP contribution is -1.93. The SMILES string of the molecule is Oc1c(O)c(O)c(-c2ccc3oc4cccc(-c5c6ccccc6c(-c6ccccc6-c6ccc(-c7ccccc7)cc6)c6ccccc56)c4c3c2)c(O)c1O. The van der Waals surface area contributed by atoms with Crippen LogP contribution in [0.1, 0.15) is 0 Å². The summed E-state index contributed by atoms with van der Waals surface area (Å²) in [6.07, 6.45) is 0. The predicted octanol–water partition coefficient (Wildman–Crippen LogP) is 12.8. The molecule has 0 amide bonds. The highest BCUT2D eigenvalue weighted by Crippen LogP contribution is 2.55. The minimum absolute atomic E-state index is 0.222. The van der Waals surface area contributed by atoms with Crippen molar-refractivity contribution in [3.63, 3.8) is 0 Å². The Morgan fingerprint density at radius 3 is 1.38 bits per heavy atom. The first kappa shape index (κ1) is 32.9. The molecule has 0 aliphatic carbocycles. The second kappa shape index (κ2) is 12.7. The van der Waals surface area contributed by atoms with Crippen molar-refractivity contribution in [2.75, 3.05) is 0 Å². The average molecular weight is 729 g/mol. The molecule has 0 fully saturated rings. The molecule has 5 N–H and O–H groups in total. The van der Waals surface area contributed by atoms with Gasteiger partial charge in [0.05, 0.1) is 5.56 Å². The normalized spacial score (nSPS) is 11.6. The van der Waals surface area contributed by atoms with Crippen LogP contribution >= 0.6 is 0 Å². The van der Waals surface area contributed by atoms with Crippen molar-refractivity contribution >= 4 is 43.5 Å². The number of benzene rings is 9. The predicted molar refractivity (Wildman–Crippen MR) is 224 cm³/mol. The van der Waals surface area contributed by atoms with Gasteiger partial charge in [0.1, 0.15) is 11.2 Å². The van der Waals surface area contributed by atoms with Crippen LogP contribution in [0, 0.1) is 0 Å². The lowest BCUT2D eigenvalue weighted by molar-refractivity contribution is 0.330. The highest BCUT2D eigenvalue weighted by atomic mass is 16.4. The topological polar surface area (TPSA) is 114 Å². The fraction of sp³-hybridized carbons (Fsp3) is 0. The highest BCUT2D eigenvalue weighted by Gasteiger charge is 2.26. The van der Waals surface area contributed by atoms with Gasteiger partial charge in [0, 0.05) is 10.8 Å². The third kappa shape index (κ3) is 4.97.